The van der Waals surface area contributed by atoms with E-state index in [4.69, 9.17) is 17.3 Å². The SMILES string of the molecule is Nc1ncnc(Nc2cc(I)ccc2Cl)c1Br. The first-order valence-corrected chi connectivity index (χ1v) is 6.81. The van der Waals surface area contributed by atoms with Crippen LogP contribution in [-0.2, 0) is 0 Å². The van der Waals surface area contributed by atoms with Gasteiger partial charge in [-0.1, -0.05) is 11.6 Å². The molecule has 0 unspecified atom stereocenters. The predicted octanol–water partition coefficient (Wildman–Crippen LogP) is 3.82. The Bertz CT molecular complexity index is 564. The van der Waals surface area contributed by atoms with Gasteiger partial charge in [0, 0.05) is 3.57 Å². The summed E-state index contributed by atoms with van der Waals surface area (Å²) in [7, 11) is 0. The summed E-state index contributed by atoms with van der Waals surface area (Å²) in [5.74, 6) is 0.964. The van der Waals surface area contributed by atoms with E-state index in [9.17, 15) is 0 Å². The number of benzene rings is 1. The van der Waals surface area contributed by atoms with Crippen LogP contribution in [0.15, 0.2) is 29.0 Å². The summed E-state index contributed by atoms with van der Waals surface area (Å²) in [5, 5.41) is 3.73. The zero-order valence-corrected chi connectivity index (χ0v) is 12.9. The Balaban J connectivity index is 2.38. The van der Waals surface area contributed by atoms with Crippen LogP contribution in [0.3, 0.4) is 0 Å². The van der Waals surface area contributed by atoms with Crippen molar-refractivity contribution in [2.75, 3.05) is 11.1 Å². The highest BCUT2D eigenvalue weighted by molar-refractivity contribution is 14.1. The minimum atomic E-state index is 0.379. The lowest BCUT2D eigenvalue weighted by molar-refractivity contribution is 1.16. The molecule has 1 heterocycles. The van der Waals surface area contributed by atoms with Gasteiger partial charge in [-0.2, -0.15) is 0 Å². The van der Waals surface area contributed by atoms with Crippen molar-refractivity contribution in [1.29, 1.82) is 0 Å². The quantitative estimate of drug-likeness (QED) is 0.718. The predicted molar refractivity (Wildman–Crippen MR) is 81.6 cm³/mol. The fourth-order valence-electron chi connectivity index (χ4n) is 1.19. The number of nitrogens with zero attached hydrogens (tertiary/aromatic N) is 2. The van der Waals surface area contributed by atoms with Crippen molar-refractivity contribution in [1.82, 2.24) is 9.97 Å². The van der Waals surface area contributed by atoms with Gasteiger partial charge < -0.3 is 11.1 Å². The summed E-state index contributed by atoms with van der Waals surface area (Å²) in [6, 6.07) is 5.68. The van der Waals surface area contributed by atoms with E-state index >= 15 is 0 Å². The molecule has 7 heteroatoms. The molecule has 4 nitrogen and oxygen atoms in total. The van der Waals surface area contributed by atoms with Gasteiger partial charge in [-0.05, 0) is 56.7 Å². The second-order valence-electron chi connectivity index (χ2n) is 3.17. The normalized spacial score (nSPS) is 10.3. The third kappa shape index (κ3) is 2.99. The monoisotopic (exact) mass is 424 g/mol. The molecule has 1 aromatic carbocycles. The summed E-state index contributed by atoms with van der Waals surface area (Å²) in [6.07, 6.45) is 1.39. The number of nitrogen functional groups attached to an aromatic ring is 1. The molecule has 0 bridgehead atoms. The van der Waals surface area contributed by atoms with Crippen molar-refractivity contribution in [3.05, 3.63) is 37.6 Å². The molecule has 0 saturated heterocycles. The largest absolute Gasteiger partial charge is 0.383 e. The number of rotatable bonds is 2. The lowest BCUT2D eigenvalue weighted by Crippen LogP contribution is -2.00. The van der Waals surface area contributed by atoms with Gasteiger partial charge in [0.25, 0.3) is 0 Å². The molecule has 2 aromatic rings. The van der Waals surface area contributed by atoms with Crippen LogP contribution in [0.4, 0.5) is 17.3 Å². The highest BCUT2D eigenvalue weighted by Crippen LogP contribution is 2.31. The van der Waals surface area contributed by atoms with Gasteiger partial charge >= 0.3 is 0 Å². The lowest BCUT2D eigenvalue weighted by atomic mass is 10.3. The van der Waals surface area contributed by atoms with E-state index in [1.165, 1.54) is 6.33 Å². The molecule has 0 aliphatic carbocycles. The van der Waals surface area contributed by atoms with E-state index < -0.39 is 0 Å². The van der Waals surface area contributed by atoms with E-state index in [0.717, 1.165) is 9.26 Å². The molecule has 17 heavy (non-hydrogen) atoms. The van der Waals surface area contributed by atoms with Crippen LogP contribution in [0.5, 0.6) is 0 Å². The van der Waals surface area contributed by atoms with Crippen LogP contribution >= 0.6 is 50.1 Å². The van der Waals surface area contributed by atoms with Gasteiger partial charge in [-0.25, -0.2) is 9.97 Å². The van der Waals surface area contributed by atoms with E-state index in [1.807, 2.05) is 18.2 Å². The van der Waals surface area contributed by atoms with E-state index in [-0.39, 0.29) is 0 Å². The average molecular weight is 425 g/mol. The highest BCUT2D eigenvalue weighted by atomic mass is 127. The molecule has 0 aliphatic heterocycles. The second kappa shape index (κ2) is 5.36. The number of nitrogens with one attached hydrogen (secondary N) is 1. The Morgan fingerprint density at radius 3 is 2.88 bits per heavy atom. The molecular formula is C10H7BrClIN4. The summed E-state index contributed by atoms with van der Waals surface area (Å²) in [5.41, 5.74) is 6.45. The Morgan fingerprint density at radius 2 is 2.12 bits per heavy atom. The van der Waals surface area contributed by atoms with Crippen molar-refractivity contribution in [2.24, 2.45) is 0 Å². The van der Waals surface area contributed by atoms with Crippen molar-refractivity contribution < 1.29 is 0 Å². The standard InChI is InChI=1S/C10H7BrClIN4/c11-8-9(14)15-4-16-10(8)17-7-3-5(13)1-2-6(7)12/h1-4H,(H3,14,15,16,17). The van der Waals surface area contributed by atoms with Gasteiger partial charge in [0.1, 0.15) is 22.4 Å². The van der Waals surface area contributed by atoms with Gasteiger partial charge in [-0.15, -0.1) is 0 Å². The minimum Gasteiger partial charge on any atom is -0.383 e. The van der Waals surface area contributed by atoms with Crippen molar-refractivity contribution in [2.45, 2.75) is 0 Å². The van der Waals surface area contributed by atoms with Crippen LogP contribution in [0.1, 0.15) is 0 Å². The van der Waals surface area contributed by atoms with Crippen LogP contribution in [-0.4, -0.2) is 9.97 Å². The molecule has 0 amide bonds. The van der Waals surface area contributed by atoms with Crippen LogP contribution in [0, 0.1) is 3.57 Å². The number of aromatic nitrogens is 2. The molecule has 0 spiro atoms. The Morgan fingerprint density at radius 1 is 1.35 bits per heavy atom. The van der Waals surface area contributed by atoms with Gasteiger partial charge in [0.15, 0.2) is 0 Å². The molecular weight excluding hydrogens is 418 g/mol. The maximum atomic E-state index is 6.08. The number of hydrogen-bond donors (Lipinski definition) is 2. The zero-order valence-electron chi connectivity index (χ0n) is 8.42. The fraction of sp³-hybridized carbons (Fsp3) is 0. The maximum Gasteiger partial charge on any atom is 0.150 e. The van der Waals surface area contributed by atoms with Gasteiger partial charge in [0.2, 0.25) is 0 Å². The van der Waals surface area contributed by atoms with Crippen molar-refractivity contribution in [3.8, 4) is 0 Å². The number of halogens is 3. The molecule has 0 radical (unpaired) electrons. The Labute approximate surface area is 125 Å². The van der Waals surface area contributed by atoms with Crippen LogP contribution in [0.25, 0.3) is 0 Å². The first kappa shape index (κ1) is 12.8. The van der Waals surface area contributed by atoms with E-state index in [1.54, 1.807) is 0 Å². The van der Waals surface area contributed by atoms with Crippen LogP contribution < -0.4 is 11.1 Å². The molecule has 2 rings (SSSR count). The number of nitrogens with two attached hydrogens (primary N) is 1. The minimum absolute atomic E-state index is 0.379. The molecule has 88 valence electrons. The fourth-order valence-corrected chi connectivity index (χ4v) is 2.15. The third-order valence-electron chi connectivity index (χ3n) is 2.00. The first-order chi connectivity index (χ1) is 8.08. The second-order valence-corrected chi connectivity index (χ2v) is 5.62. The Kier molecular flexibility index (Phi) is 4.05. The lowest BCUT2D eigenvalue weighted by Gasteiger charge is -2.10. The average Bonchev–Trinajstić information content (AvgIpc) is 2.30. The van der Waals surface area contributed by atoms with Crippen molar-refractivity contribution >= 4 is 67.4 Å². The molecule has 3 N–H and O–H groups in total. The molecule has 0 atom stereocenters. The summed E-state index contributed by atoms with van der Waals surface area (Å²) in [4.78, 5) is 7.96. The van der Waals surface area contributed by atoms with E-state index in [0.29, 0.717) is 21.1 Å². The molecule has 0 aliphatic rings. The molecule has 0 fully saturated rings. The maximum absolute atomic E-state index is 6.08. The van der Waals surface area contributed by atoms with Crippen LogP contribution in [0.2, 0.25) is 5.02 Å². The summed E-state index contributed by atoms with van der Waals surface area (Å²) >= 11 is 11.6. The van der Waals surface area contributed by atoms with Gasteiger partial charge in [-0.3, -0.25) is 0 Å². The third-order valence-corrected chi connectivity index (χ3v) is 3.78. The smallest absolute Gasteiger partial charge is 0.150 e. The molecule has 0 saturated carbocycles. The zero-order chi connectivity index (χ0) is 12.4. The highest BCUT2D eigenvalue weighted by Gasteiger charge is 2.08. The number of anilines is 3. The van der Waals surface area contributed by atoms with E-state index in [2.05, 4.69) is 53.8 Å². The number of hydrogen-bond acceptors (Lipinski definition) is 4. The molecule has 1 aromatic heterocycles. The van der Waals surface area contributed by atoms with Gasteiger partial charge in [0.05, 0.1) is 10.7 Å². The first-order valence-electron chi connectivity index (χ1n) is 4.56. The topological polar surface area (TPSA) is 63.8 Å². The summed E-state index contributed by atoms with van der Waals surface area (Å²) < 4.78 is 1.70. The Hall–Kier alpha value is -0.600. The van der Waals surface area contributed by atoms with Crippen molar-refractivity contribution in [3.63, 3.8) is 0 Å². The summed E-state index contributed by atoms with van der Waals surface area (Å²) in [6.45, 7) is 0.